The molecule has 0 aliphatic carbocycles. The number of hydrogen-bond acceptors (Lipinski definition) is 5. The molecule has 7 nitrogen and oxygen atoms in total. The van der Waals surface area contributed by atoms with E-state index in [2.05, 4.69) is 14.8 Å². The van der Waals surface area contributed by atoms with Crippen LogP contribution in [0.1, 0.15) is 18.2 Å². The molecule has 4 rings (SSSR count). The first kappa shape index (κ1) is 23.2. The van der Waals surface area contributed by atoms with Gasteiger partial charge in [0.25, 0.3) is 0 Å². The number of aryl methyl sites for hydroxylation is 1. The molecule has 0 saturated carbocycles. The zero-order valence-electron chi connectivity index (χ0n) is 18.5. The van der Waals surface area contributed by atoms with Gasteiger partial charge in [-0.15, -0.1) is 13.2 Å². The van der Waals surface area contributed by atoms with Crippen molar-refractivity contribution < 1.29 is 32.2 Å². The maximum Gasteiger partial charge on any atom is 0.573 e. The fourth-order valence-electron chi connectivity index (χ4n) is 3.54. The monoisotopic (exact) mass is 473 g/mol. The lowest BCUT2D eigenvalue weighted by molar-refractivity contribution is -0.274. The van der Waals surface area contributed by atoms with Gasteiger partial charge in [0.15, 0.2) is 0 Å². The van der Waals surface area contributed by atoms with E-state index < -0.39 is 6.36 Å². The van der Waals surface area contributed by atoms with Gasteiger partial charge in [-0.05, 0) is 55.0 Å². The second-order valence-corrected chi connectivity index (χ2v) is 7.51. The Labute approximate surface area is 193 Å². The molecule has 0 aliphatic rings. The number of aromatic nitrogens is 3. The Bertz CT molecular complexity index is 1290. The van der Waals surface area contributed by atoms with Crippen molar-refractivity contribution in [3.63, 3.8) is 0 Å². The largest absolute Gasteiger partial charge is 0.573 e. The number of carbonyl (C=O) groups excluding carboxylic acids is 1. The number of nitrogens with zero attached hydrogens (tertiary/aromatic N) is 2. The number of nitrogens with one attached hydrogen (secondary N) is 1. The van der Waals surface area contributed by atoms with Crippen LogP contribution in [0.25, 0.3) is 22.2 Å². The Kier molecular flexibility index (Phi) is 6.49. The zero-order chi connectivity index (χ0) is 24.3. The molecule has 0 bridgehead atoms. The first-order chi connectivity index (χ1) is 16.2. The Morgan fingerprint density at radius 3 is 2.53 bits per heavy atom. The van der Waals surface area contributed by atoms with E-state index in [1.54, 1.807) is 24.9 Å². The van der Waals surface area contributed by atoms with Crippen molar-refractivity contribution in [1.29, 1.82) is 0 Å². The Morgan fingerprint density at radius 2 is 1.82 bits per heavy atom. The van der Waals surface area contributed by atoms with Crippen LogP contribution in [0.4, 0.5) is 13.2 Å². The zero-order valence-corrected chi connectivity index (χ0v) is 18.5. The highest BCUT2D eigenvalue weighted by molar-refractivity contribution is 5.88. The van der Waals surface area contributed by atoms with Crippen molar-refractivity contribution >= 4 is 16.9 Å². The van der Waals surface area contributed by atoms with Crippen LogP contribution in [-0.4, -0.2) is 33.7 Å². The van der Waals surface area contributed by atoms with Gasteiger partial charge in [-0.1, -0.05) is 0 Å². The van der Waals surface area contributed by atoms with Crippen molar-refractivity contribution in [1.82, 2.24) is 14.8 Å². The molecule has 2 aromatic heterocycles. The number of fused-ring (bicyclic) bond motifs is 1. The lowest BCUT2D eigenvalue weighted by Crippen LogP contribution is -2.16. The summed E-state index contributed by atoms with van der Waals surface area (Å²) in [6.07, 6.45) is -2.76. The van der Waals surface area contributed by atoms with Gasteiger partial charge in [0, 0.05) is 35.8 Å². The summed E-state index contributed by atoms with van der Waals surface area (Å²) in [4.78, 5) is 14.9. The number of esters is 1. The SMILES string of the molecule is CCOC(=O)Cc1c[nH]c2cc(OCc3cc(-c4ccc(OC(F)(F)F)cc4)nn3C)ccc12. The van der Waals surface area contributed by atoms with Crippen LogP contribution in [-0.2, 0) is 29.6 Å². The van der Waals surface area contributed by atoms with Gasteiger partial charge in [0.1, 0.15) is 18.1 Å². The Hall–Kier alpha value is -3.95. The maximum atomic E-state index is 12.3. The van der Waals surface area contributed by atoms with Gasteiger partial charge in [-0.3, -0.25) is 9.48 Å². The number of aromatic amines is 1. The number of carbonyl (C=O) groups is 1. The first-order valence-corrected chi connectivity index (χ1v) is 10.5. The van der Waals surface area contributed by atoms with Crippen molar-refractivity contribution in [2.45, 2.75) is 26.3 Å². The van der Waals surface area contributed by atoms with Crippen LogP contribution < -0.4 is 9.47 Å². The van der Waals surface area contributed by atoms with Crippen molar-refractivity contribution in [2.24, 2.45) is 7.05 Å². The number of H-pyrrole nitrogens is 1. The number of benzene rings is 2. The van der Waals surface area contributed by atoms with Gasteiger partial charge in [-0.25, -0.2) is 0 Å². The summed E-state index contributed by atoms with van der Waals surface area (Å²) in [6, 6.07) is 12.9. The van der Waals surface area contributed by atoms with E-state index in [1.165, 1.54) is 24.3 Å². The molecule has 2 heterocycles. The summed E-state index contributed by atoms with van der Waals surface area (Å²) >= 11 is 0. The van der Waals surface area contributed by atoms with Crippen LogP contribution >= 0.6 is 0 Å². The predicted octanol–water partition coefficient (Wildman–Crippen LogP) is 5.15. The summed E-state index contributed by atoms with van der Waals surface area (Å²) in [7, 11) is 1.76. The third-order valence-electron chi connectivity index (χ3n) is 5.13. The minimum atomic E-state index is -4.73. The number of ether oxygens (including phenoxy) is 3. The van der Waals surface area contributed by atoms with Gasteiger partial charge < -0.3 is 19.2 Å². The molecule has 178 valence electrons. The molecule has 0 amide bonds. The molecular formula is C24H22F3N3O4. The van der Waals surface area contributed by atoms with E-state index >= 15 is 0 Å². The van der Waals surface area contributed by atoms with Crippen LogP contribution in [0, 0.1) is 0 Å². The molecule has 0 radical (unpaired) electrons. The number of rotatable bonds is 8. The molecule has 0 spiro atoms. The average Bonchev–Trinajstić information content (AvgIpc) is 3.35. The summed E-state index contributed by atoms with van der Waals surface area (Å²) < 4.78 is 53.5. The van der Waals surface area contributed by atoms with Crippen molar-refractivity contribution in [3.05, 3.63) is 66.0 Å². The van der Waals surface area contributed by atoms with E-state index in [1.807, 2.05) is 24.3 Å². The van der Waals surface area contributed by atoms with E-state index in [-0.39, 0.29) is 24.7 Å². The molecule has 4 aromatic rings. The average molecular weight is 473 g/mol. The Morgan fingerprint density at radius 1 is 1.09 bits per heavy atom. The third kappa shape index (κ3) is 5.51. The summed E-state index contributed by atoms with van der Waals surface area (Å²) in [5.41, 5.74) is 3.72. The molecule has 0 aliphatic heterocycles. The topological polar surface area (TPSA) is 78.4 Å². The van der Waals surface area contributed by atoms with E-state index in [4.69, 9.17) is 9.47 Å². The molecular weight excluding hydrogens is 451 g/mol. The van der Waals surface area contributed by atoms with Gasteiger partial charge in [0.05, 0.1) is 24.4 Å². The molecule has 0 saturated heterocycles. The Balaban J connectivity index is 1.42. The highest BCUT2D eigenvalue weighted by Gasteiger charge is 2.31. The number of hydrogen-bond donors (Lipinski definition) is 1. The fourth-order valence-corrected chi connectivity index (χ4v) is 3.54. The quantitative estimate of drug-likeness (QED) is 0.358. The second-order valence-electron chi connectivity index (χ2n) is 7.51. The smallest absolute Gasteiger partial charge is 0.487 e. The van der Waals surface area contributed by atoms with Crippen LogP contribution in [0.3, 0.4) is 0 Å². The molecule has 0 atom stereocenters. The number of alkyl halides is 3. The highest BCUT2D eigenvalue weighted by Crippen LogP contribution is 2.27. The summed E-state index contributed by atoms with van der Waals surface area (Å²) in [5, 5.41) is 5.33. The van der Waals surface area contributed by atoms with Gasteiger partial charge in [0.2, 0.25) is 0 Å². The minimum Gasteiger partial charge on any atom is -0.487 e. The van der Waals surface area contributed by atoms with Crippen molar-refractivity contribution in [2.75, 3.05) is 6.61 Å². The van der Waals surface area contributed by atoms with Crippen molar-refractivity contribution in [3.8, 4) is 22.8 Å². The van der Waals surface area contributed by atoms with Crippen LogP contribution in [0.15, 0.2) is 54.7 Å². The van der Waals surface area contributed by atoms with E-state index in [0.29, 0.717) is 23.6 Å². The summed E-state index contributed by atoms with van der Waals surface area (Å²) in [5.74, 6) is 0.0625. The predicted molar refractivity (Wildman–Crippen MR) is 118 cm³/mol. The number of halogens is 3. The van der Waals surface area contributed by atoms with Crippen LogP contribution in [0.5, 0.6) is 11.5 Å². The first-order valence-electron chi connectivity index (χ1n) is 10.5. The van der Waals surface area contributed by atoms with Gasteiger partial charge in [-0.2, -0.15) is 5.10 Å². The molecule has 0 unspecified atom stereocenters. The van der Waals surface area contributed by atoms with Gasteiger partial charge >= 0.3 is 12.3 Å². The molecule has 1 N–H and O–H groups in total. The van der Waals surface area contributed by atoms with Crippen LogP contribution in [0.2, 0.25) is 0 Å². The second kappa shape index (κ2) is 9.50. The minimum absolute atomic E-state index is 0.190. The summed E-state index contributed by atoms with van der Waals surface area (Å²) in [6.45, 7) is 2.35. The lowest BCUT2D eigenvalue weighted by Gasteiger charge is -2.08. The standard InChI is InChI=1S/C24H22F3N3O4/c1-3-32-23(31)10-16-13-28-22-12-19(8-9-20(16)22)33-14-17-11-21(29-30(17)2)15-4-6-18(7-5-15)34-24(25,26)27/h4-9,11-13,28H,3,10,14H2,1-2H3. The molecule has 0 fully saturated rings. The molecule has 10 heteroatoms. The van der Waals surface area contributed by atoms with E-state index in [9.17, 15) is 18.0 Å². The highest BCUT2D eigenvalue weighted by atomic mass is 19.4. The fraction of sp³-hybridized carbons (Fsp3) is 0.250. The molecule has 34 heavy (non-hydrogen) atoms. The maximum absolute atomic E-state index is 12.3. The normalized spacial score (nSPS) is 11.6. The van der Waals surface area contributed by atoms with E-state index in [0.717, 1.165) is 22.2 Å². The molecule has 2 aromatic carbocycles. The third-order valence-corrected chi connectivity index (χ3v) is 5.13. The lowest BCUT2D eigenvalue weighted by atomic mass is 10.1.